The van der Waals surface area contributed by atoms with E-state index in [0.29, 0.717) is 0 Å². The van der Waals surface area contributed by atoms with Crippen molar-refractivity contribution < 1.29 is 4.74 Å². The summed E-state index contributed by atoms with van der Waals surface area (Å²) < 4.78 is 5.94. The highest BCUT2D eigenvalue weighted by atomic mass is 79.9. The maximum absolute atomic E-state index is 4.99. The standard InChI is InChI=1S/C7H7BrOS/c1-9-5-2-3-7(10)6(8)4-5/h2-4,10H,1H3. The van der Waals surface area contributed by atoms with E-state index in [1.54, 1.807) is 7.11 Å². The molecule has 0 spiro atoms. The van der Waals surface area contributed by atoms with Crippen LogP contribution in [0.3, 0.4) is 0 Å². The van der Waals surface area contributed by atoms with Crippen LogP contribution in [0.15, 0.2) is 27.6 Å². The van der Waals surface area contributed by atoms with Gasteiger partial charge in [0.05, 0.1) is 7.11 Å². The number of hydrogen-bond donors (Lipinski definition) is 1. The molecule has 0 radical (unpaired) electrons. The second kappa shape index (κ2) is 3.30. The molecule has 1 rings (SSSR count). The number of halogens is 1. The van der Waals surface area contributed by atoms with Gasteiger partial charge in [-0.1, -0.05) is 0 Å². The molecule has 0 aliphatic carbocycles. The molecule has 0 amide bonds. The number of ether oxygens (including phenoxy) is 1. The van der Waals surface area contributed by atoms with E-state index in [1.165, 1.54) is 0 Å². The van der Waals surface area contributed by atoms with Crippen molar-refractivity contribution in [3.05, 3.63) is 22.7 Å². The van der Waals surface area contributed by atoms with Gasteiger partial charge in [0.2, 0.25) is 0 Å². The Morgan fingerprint density at radius 3 is 2.70 bits per heavy atom. The van der Waals surface area contributed by atoms with Crippen molar-refractivity contribution in [3.63, 3.8) is 0 Å². The van der Waals surface area contributed by atoms with Gasteiger partial charge in [0.1, 0.15) is 5.75 Å². The zero-order valence-corrected chi connectivity index (χ0v) is 7.95. The van der Waals surface area contributed by atoms with Crippen LogP contribution in [-0.4, -0.2) is 7.11 Å². The number of thiol groups is 1. The van der Waals surface area contributed by atoms with Gasteiger partial charge in [-0.3, -0.25) is 0 Å². The van der Waals surface area contributed by atoms with Gasteiger partial charge in [-0.25, -0.2) is 0 Å². The summed E-state index contributed by atoms with van der Waals surface area (Å²) in [5.74, 6) is 0.838. The summed E-state index contributed by atoms with van der Waals surface area (Å²) in [7, 11) is 1.64. The fourth-order valence-electron chi connectivity index (χ4n) is 0.615. The molecule has 0 unspecified atom stereocenters. The SMILES string of the molecule is COc1ccc(S)c(Br)c1. The molecule has 1 aromatic rings. The van der Waals surface area contributed by atoms with Crippen molar-refractivity contribution >= 4 is 28.6 Å². The van der Waals surface area contributed by atoms with Crippen molar-refractivity contribution in [2.45, 2.75) is 4.90 Å². The molecule has 0 saturated carbocycles. The van der Waals surface area contributed by atoms with Gasteiger partial charge in [-0.2, -0.15) is 0 Å². The van der Waals surface area contributed by atoms with Crippen LogP contribution >= 0.6 is 28.6 Å². The average molecular weight is 219 g/mol. The molecule has 0 aromatic heterocycles. The molecule has 0 atom stereocenters. The average Bonchev–Trinajstić information content (AvgIpc) is 1.95. The third-order valence-electron chi connectivity index (χ3n) is 1.15. The molecule has 0 heterocycles. The molecule has 0 aliphatic rings. The van der Waals surface area contributed by atoms with Crippen molar-refractivity contribution in [1.82, 2.24) is 0 Å². The van der Waals surface area contributed by atoms with E-state index in [0.717, 1.165) is 15.1 Å². The zero-order valence-electron chi connectivity index (χ0n) is 5.47. The van der Waals surface area contributed by atoms with Crippen LogP contribution in [0.1, 0.15) is 0 Å². The Hall–Kier alpha value is -0.150. The molecule has 0 aliphatic heterocycles. The second-order valence-corrected chi connectivity index (χ2v) is 3.15. The van der Waals surface area contributed by atoms with E-state index in [1.807, 2.05) is 18.2 Å². The quantitative estimate of drug-likeness (QED) is 0.714. The third kappa shape index (κ3) is 1.67. The summed E-state index contributed by atoms with van der Waals surface area (Å²) >= 11 is 7.51. The fraction of sp³-hybridized carbons (Fsp3) is 0.143. The molecule has 10 heavy (non-hydrogen) atoms. The Balaban J connectivity index is 3.04. The minimum absolute atomic E-state index is 0.838. The number of rotatable bonds is 1. The van der Waals surface area contributed by atoms with E-state index in [-0.39, 0.29) is 0 Å². The lowest BCUT2D eigenvalue weighted by Gasteiger charge is -2.00. The molecule has 54 valence electrons. The van der Waals surface area contributed by atoms with Gasteiger partial charge < -0.3 is 4.74 Å². The molecule has 0 fully saturated rings. The topological polar surface area (TPSA) is 9.23 Å². The van der Waals surface area contributed by atoms with E-state index in [4.69, 9.17) is 4.74 Å². The van der Waals surface area contributed by atoms with Gasteiger partial charge in [0.25, 0.3) is 0 Å². The Morgan fingerprint density at radius 2 is 2.20 bits per heavy atom. The van der Waals surface area contributed by atoms with Crippen LogP contribution in [0, 0.1) is 0 Å². The zero-order chi connectivity index (χ0) is 7.56. The summed E-state index contributed by atoms with van der Waals surface area (Å²) in [6.07, 6.45) is 0. The lowest BCUT2D eigenvalue weighted by molar-refractivity contribution is 0.414. The molecule has 0 N–H and O–H groups in total. The Labute approximate surface area is 73.9 Å². The molecule has 3 heteroatoms. The van der Waals surface area contributed by atoms with Crippen LogP contribution in [0.5, 0.6) is 5.75 Å². The van der Waals surface area contributed by atoms with Crippen LogP contribution in [0.4, 0.5) is 0 Å². The lowest BCUT2D eigenvalue weighted by Crippen LogP contribution is -1.81. The highest BCUT2D eigenvalue weighted by Crippen LogP contribution is 2.24. The largest absolute Gasteiger partial charge is 0.497 e. The van der Waals surface area contributed by atoms with Crippen molar-refractivity contribution in [2.24, 2.45) is 0 Å². The minimum Gasteiger partial charge on any atom is -0.497 e. The van der Waals surface area contributed by atoms with E-state index < -0.39 is 0 Å². The van der Waals surface area contributed by atoms with E-state index in [2.05, 4.69) is 28.6 Å². The molecule has 1 aromatic carbocycles. The molecule has 0 bridgehead atoms. The van der Waals surface area contributed by atoms with Crippen molar-refractivity contribution in [1.29, 1.82) is 0 Å². The maximum Gasteiger partial charge on any atom is 0.120 e. The van der Waals surface area contributed by atoms with Gasteiger partial charge in [0, 0.05) is 9.37 Å². The van der Waals surface area contributed by atoms with Crippen molar-refractivity contribution in [3.8, 4) is 5.75 Å². The summed E-state index contributed by atoms with van der Waals surface area (Å²) in [4.78, 5) is 0.917. The highest BCUT2D eigenvalue weighted by molar-refractivity contribution is 9.10. The lowest BCUT2D eigenvalue weighted by atomic mass is 10.3. The first-order chi connectivity index (χ1) is 4.74. The number of benzene rings is 1. The van der Waals surface area contributed by atoms with Gasteiger partial charge in [-0.15, -0.1) is 12.6 Å². The van der Waals surface area contributed by atoms with Crippen LogP contribution in [0.25, 0.3) is 0 Å². The predicted molar refractivity (Wildman–Crippen MR) is 47.9 cm³/mol. The summed E-state index contributed by atoms with van der Waals surface area (Å²) in [6.45, 7) is 0. The maximum atomic E-state index is 4.99. The number of methoxy groups -OCH3 is 1. The van der Waals surface area contributed by atoms with Gasteiger partial charge >= 0.3 is 0 Å². The Morgan fingerprint density at radius 1 is 1.50 bits per heavy atom. The fourth-order valence-corrected chi connectivity index (χ4v) is 1.11. The monoisotopic (exact) mass is 218 g/mol. The molecule has 1 nitrogen and oxygen atoms in total. The second-order valence-electron chi connectivity index (χ2n) is 1.82. The minimum atomic E-state index is 0.838. The third-order valence-corrected chi connectivity index (χ3v) is 2.51. The Kier molecular flexibility index (Phi) is 2.63. The molecule has 0 saturated heterocycles. The molecular formula is C7H7BrOS. The van der Waals surface area contributed by atoms with Gasteiger partial charge in [-0.05, 0) is 34.1 Å². The van der Waals surface area contributed by atoms with Crippen LogP contribution in [0.2, 0.25) is 0 Å². The van der Waals surface area contributed by atoms with E-state index >= 15 is 0 Å². The van der Waals surface area contributed by atoms with Gasteiger partial charge in [0.15, 0.2) is 0 Å². The predicted octanol–water partition coefficient (Wildman–Crippen LogP) is 2.75. The highest BCUT2D eigenvalue weighted by Gasteiger charge is 1.95. The van der Waals surface area contributed by atoms with Crippen LogP contribution in [-0.2, 0) is 0 Å². The molecular weight excluding hydrogens is 212 g/mol. The van der Waals surface area contributed by atoms with E-state index in [9.17, 15) is 0 Å². The first-order valence-electron chi connectivity index (χ1n) is 2.76. The first-order valence-corrected chi connectivity index (χ1v) is 4.00. The first kappa shape index (κ1) is 7.95. The number of hydrogen-bond acceptors (Lipinski definition) is 2. The summed E-state index contributed by atoms with van der Waals surface area (Å²) in [5, 5.41) is 0. The smallest absolute Gasteiger partial charge is 0.120 e. The van der Waals surface area contributed by atoms with Crippen molar-refractivity contribution in [2.75, 3.05) is 7.11 Å². The summed E-state index contributed by atoms with van der Waals surface area (Å²) in [6, 6.07) is 5.63. The Bertz CT molecular complexity index is 237. The summed E-state index contributed by atoms with van der Waals surface area (Å²) in [5.41, 5.74) is 0. The van der Waals surface area contributed by atoms with Crippen LogP contribution < -0.4 is 4.74 Å². The normalized spacial score (nSPS) is 9.50.